The molecule has 1 aliphatic heterocycles. The molecule has 3 aromatic rings. The lowest BCUT2D eigenvalue weighted by molar-refractivity contribution is 0.880. The van der Waals surface area contributed by atoms with Crippen molar-refractivity contribution in [1.82, 2.24) is 15.0 Å². The van der Waals surface area contributed by atoms with Gasteiger partial charge in [0, 0.05) is 4.90 Å². The van der Waals surface area contributed by atoms with Crippen LogP contribution in [-0.4, -0.2) is 15.0 Å². The van der Waals surface area contributed by atoms with Crippen LogP contribution in [0.1, 0.15) is 16.6 Å². The zero-order chi connectivity index (χ0) is 13.7. The summed E-state index contributed by atoms with van der Waals surface area (Å²) in [5.41, 5.74) is 2.81. The maximum atomic E-state index is 5.98. The number of rotatable bonds is 1. The van der Waals surface area contributed by atoms with Crippen molar-refractivity contribution in [1.29, 1.82) is 0 Å². The molecular formula is C14H9Cl2N3S. The van der Waals surface area contributed by atoms with Gasteiger partial charge in [-0.3, -0.25) is 0 Å². The minimum absolute atomic E-state index is 0.291. The average molecular weight is 322 g/mol. The fourth-order valence-electron chi connectivity index (χ4n) is 2.40. The fraction of sp³-hybridized carbons (Fsp3) is 0.143. The summed E-state index contributed by atoms with van der Waals surface area (Å²) >= 11 is 13.7. The number of nitrogens with one attached hydrogen (secondary N) is 1. The smallest absolute Gasteiger partial charge is 0.179 e. The van der Waals surface area contributed by atoms with Crippen LogP contribution in [0.2, 0.25) is 10.2 Å². The van der Waals surface area contributed by atoms with Gasteiger partial charge < -0.3 is 4.98 Å². The Kier molecular flexibility index (Phi) is 2.91. The number of hydrogen-bond acceptors (Lipinski definition) is 3. The number of aromatic amines is 1. The van der Waals surface area contributed by atoms with E-state index in [0.29, 0.717) is 21.1 Å². The van der Waals surface area contributed by atoms with Crippen molar-refractivity contribution in [2.75, 3.05) is 0 Å². The first-order chi connectivity index (χ1) is 9.70. The van der Waals surface area contributed by atoms with Gasteiger partial charge in [0.05, 0.1) is 15.8 Å². The molecule has 0 amide bonds. The Morgan fingerprint density at radius 1 is 1.20 bits per heavy atom. The van der Waals surface area contributed by atoms with E-state index in [4.69, 9.17) is 23.2 Å². The minimum atomic E-state index is 0.291. The molecule has 4 rings (SSSR count). The number of aromatic nitrogens is 3. The van der Waals surface area contributed by atoms with Crippen molar-refractivity contribution in [3.05, 3.63) is 51.9 Å². The summed E-state index contributed by atoms with van der Waals surface area (Å²) in [4.78, 5) is 13.4. The molecule has 0 bridgehead atoms. The molecule has 1 N–H and O–H groups in total. The molecule has 1 unspecified atom stereocenters. The van der Waals surface area contributed by atoms with E-state index in [0.717, 1.165) is 17.8 Å². The first kappa shape index (κ1) is 12.5. The van der Waals surface area contributed by atoms with Gasteiger partial charge in [-0.05, 0) is 24.1 Å². The topological polar surface area (TPSA) is 41.6 Å². The van der Waals surface area contributed by atoms with Crippen LogP contribution in [0.25, 0.3) is 11.2 Å². The van der Waals surface area contributed by atoms with Gasteiger partial charge in [-0.15, -0.1) is 11.8 Å². The van der Waals surface area contributed by atoms with E-state index < -0.39 is 0 Å². The van der Waals surface area contributed by atoms with Crippen LogP contribution < -0.4 is 0 Å². The Labute approximate surface area is 129 Å². The molecule has 0 fully saturated rings. The lowest BCUT2D eigenvalue weighted by Gasteiger charge is -2.02. The molecule has 0 spiro atoms. The molecule has 1 atom stereocenters. The van der Waals surface area contributed by atoms with E-state index in [1.165, 1.54) is 10.5 Å². The number of imidazole rings is 1. The number of fused-ring (bicyclic) bond motifs is 2. The van der Waals surface area contributed by atoms with E-state index in [9.17, 15) is 0 Å². The highest BCUT2D eigenvalue weighted by Gasteiger charge is 2.26. The predicted molar refractivity (Wildman–Crippen MR) is 82.7 cm³/mol. The van der Waals surface area contributed by atoms with Crippen LogP contribution in [0.15, 0.2) is 35.2 Å². The fourth-order valence-corrected chi connectivity index (χ4v) is 3.94. The van der Waals surface area contributed by atoms with Crippen molar-refractivity contribution < 1.29 is 0 Å². The number of hydrogen-bond donors (Lipinski definition) is 1. The Hall–Kier alpha value is -1.23. The Bertz CT molecular complexity index is 751. The Morgan fingerprint density at radius 2 is 2.05 bits per heavy atom. The molecular weight excluding hydrogens is 313 g/mol. The van der Waals surface area contributed by atoms with Crippen molar-refractivity contribution in [2.45, 2.75) is 16.6 Å². The van der Waals surface area contributed by atoms with Crippen LogP contribution in [0, 0.1) is 0 Å². The van der Waals surface area contributed by atoms with E-state index in [1.54, 1.807) is 6.07 Å². The second kappa shape index (κ2) is 4.65. The summed E-state index contributed by atoms with van der Waals surface area (Å²) in [6, 6.07) is 10.2. The molecule has 3 heterocycles. The zero-order valence-corrected chi connectivity index (χ0v) is 12.6. The summed E-state index contributed by atoms with van der Waals surface area (Å²) in [6.07, 6.45) is 0.974. The summed E-state index contributed by atoms with van der Waals surface area (Å²) in [5.74, 6) is 0.923. The molecule has 100 valence electrons. The number of benzene rings is 1. The van der Waals surface area contributed by atoms with Crippen LogP contribution in [0.4, 0.5) is 0 Å². The molecule has 20 heavy (non-hydrogen) atoms. The molecule has 1 aliphatic rings. The number of pyridine rings is 1. The maximum Gasteiger partial charge on any atom is 0.179 e. The normalized spacial score (nSPS) is 17.6. The molecule has 2 aromatic heterocycles. The second-order valence-electron chi connectivity index (χ2n) is 4.67. The first-order valence-electron chi connectivity index (χ1n) is 6.17. The van der Waals surface area contributed by atoms with E-state index in [2.05, 4.69) is 39.2 Å². The minimum Gasteiger partial charge on any atom is -0.340 e. The zero-order valence-electron chi connectivity index (χ0n) is 10.2. The number of H-pyrrole nitrogens is 1. The molecule has 6 heteroatoms. The quantitative estimate of drug-likeness (QED) is 0.663. The van der Waals surface area contributed by atoms with Crippen molar-refractivity contribution in [3.63, 3.8) is 0 Å². The van der Waals surface area contributed by atoms with E-state index >= 15 is 0 Å². The van der Waals surface area contributed by atoms with E-state index in [1.807, 2.05) is 11.8 Å². The standard InChI is InChI=1S/C14H9Cl2N3S/c15-8-6-9-13(18-12(8)16)19-14(17-9)11-5-7-3-1-2-4-10(7)20-11/h1-4,6,11H,5H2,(H,17,18,19). The second-order valence-corrected chi connectivity index (χ2v) is 6.68. The van der Waals surface area contributed by atoms with Gasteiger partial charge >= 0.3 is 0 Å². The molecule has 0 saturated carbocycles. The van der Waals surface area contributed by atoms with E-state index in [-0.39, 0.29) is 0 Å². The van der Waals surface area contributed by atoms with Crippen molar-refractivity contribution in [3.8, 4) is 0 Å². The van der Waals surface area contributed by atoms with Gasteiger partial charge in [0.2, 0.25) is 0 Å². The molecule has 0 saturated heterocycles. The number of thioether (sulfide) groups is 1. The van der Waals surface area contributed by atoms with Crippen LogP contribution in [-0.2, 0) is 6.42 Å². The lowest BCUT2D eigenvalue weighted by Crippen LogP contribution is -1.94. The van der Waals surface area contributed by atoms with Gasteiger partial charge in [0.15, 0.2) is 5.65 Å². The highest BCUT2D eigenvalue weighted by atomic mass is 35.5. The Balaban J connectivity index is 1.74. The maximum absolute atomic E-state index is 5.98. The monoisotopic (exact) mass is 321 g/mol. The van der Waals surface area contributed by atoms with Crippen LogP contribution in [0.3, 0.4) is 0 Å². The summed E-state index contributed by atoms with van der Waals surface area (Å²) < 4.78 is 0. The highest BCUT2D eigenvalue weighted by molar-refractivity contribution is 7.99. The summed E-state index contributed by atoms with van der Waals surface area (Å²) in [6.45, 7) is 0. The molecule has 0 aliphatic carbocycles. The predicted octanol–water partition coefficient (Wildman–Crippen LogP) is 4.65. The Morgan fingerprint density at radius 3 is 2.90 bits per heavy atom. The van der Waals surface area contributed by atoms with Gasteiger partial charge in [-0.1, -0.05) is 41.4 Å². The third-order valence-corrected chi connectivity index (χ3v) is 5.35. The molecule has 3 nitrogen and oxygen atoms in total. The first-order valence-corrected chi connectivity index (χ1v) is 7.80. The number of nitrogens with zero attached hydrogens (tertiary/aromatic N) is 2. The van der Waals surface area contributed by atoms with Gasteiger partial charge in [0.1, 0.15) is 11.0 Å². The number of halogens is 2. The third-order valence-electron chi connectivity index (χ3n) is 3.35. The van der Waals surface area contributed by atoms with Gasteiger partial charge in [-0.25, -0.2) is 9.97 Å². The van der Waals surface area contributed by atoms with Crippen molar-refractivity contribution >= 4 is 46.1 Å². The summed E-state index contributed by atoms with van der Waals surface area (Å²) in [7, 11) is 0. The largest absolute Gasteiger partial charge is 0.340 e. The highest BCUT2D eigenvalue weighted by Crippen LogP contribution is 2.45. The van der Waals surface area contributed by atoms with Gasteiger partial charge in [0.25, 0.3) is 0 Å². The van der Waals surface area contributed by atoms with Crippen LogP contribution >= 0.6 is 35.0 Å². The molecule has 1 aromatic carbocycles. The SMILES string of the molecule is Clc1cc2[nH]c(C3Cc4ccccc4S3)nc2nc1Cl. The van der Waals surface area contributed by atoms with Crippen molar-refractivity contribution in [2.24, 2.45) is 0 Å². The van der Waals surface area contributed by atoms with Crippen LogP contribution in [0.5, 0.6) is 0 Å². The lowest BCUT2D eigenvalue weighted by atomic mass is 10.1. The average Bonchev–Trinajstić information content (AvgIpc) is 3.02. The summed E-state index contributed by atoms with van der Waals surface area (Å²) in [5, 5.41) is 1.02. The molecule has 0 radical (unpaired) electrons. The van der Waals surface area contributed by atoms with Gasteiger partial charge in [-0.2, -0.15) is 0 Å². The third kappa shape index (κ3) is 1.99.